The molecule has 126 valence electrons. The fourth-order valence-corrected chi connectivity index (χ4v) is 2.93. The van der Waals surface area contributed by atoms with Gasteiger partial charge in [-0.05, 0) is 37.3 Å². The van der Waals surface area contributed by atoms with Gasteiger partial charge in [-0.15, -0.1) is 11.3 Å². The summed E-state index contributed by atoms with van der Waals surface area (Å²) in [6, 6.07) is 9.78. The summed E-state index contributed by atoms with van der Waals surface area (Å²) in [5.74, 6) is -0.541. The molecule has 25 heavy (non-hydrogen) atoms. The van der Waals surface area contributed by atoms with Gasteiger partial charge >= 0.3 is 0 Å². The summed E-state index contributed by atoms with van der Waals surface area (Å²) >= 11 is 1.41. The molecule has 0 aliphatic rings. The highest BCUT2D eigenvalue weighted by atomic mass is 32.1. The van der Waals surface area contributed by atoms with Gasteiger partial charge in [0.15, 0.2) is 0 Å². The van der Waals surface area contributed by atoms with Crippen LogP contribution in [-0.4, -0.2) is 21.6 Å². The first-order valence-corrected chi connectivity index (χ1v) is 8.43. The monoisotopic (exact) mass is 354 g/mol. The van der Waals surface area contributed by atoms with Crippen LogP contribution in [0.2, 0.25) is 0 Å². The topological polar surface area (TPSA) is 67.2 Å². The van der Waals surface area contributed by atoms with E-state index in [9.17, 15) is 9.18 Å². The van der Waals surface area contributed by atoms with Crippen molar-refractivity contribution in [1.82, 2.24) is 15.4 Å². The van der Waals surface area contributed by atoms with Crippen molar-refractivity contribution in [2.45, 2.75) is 13.3 Å². The molecule has 0 saturated heterocycles. The first kappa shape index (κ1) is 16.9. The van der Waals surface area contributed by atoms with E-state index in [-0.39, 0.29) is 18.1 Å². The van der Waals surface area contributed by atoms with E-state index in [0.717, 1.165) is 16.1 Å². The van der Waals surface area contributed by atoms with Crippen molar-refractivity contribution in [1.29, 1.82) is 0 Å². The summed E-state index contributed by atoms with van der Waals surface area (Å²) in [5, 5.41) is 6.64. The highest BCUT2D eigenvalue weighted by Gasteiger charge is 2.09. The minimum absolute atomic E-state index is 0.127. The number of nitrogens with zero attached hydrogens (tertiary/aromatic N) is 3. The molecule has 0 saturated carbocycles. The molecule has 2 aromatic heterocycles. The molecule has 0 aliphatic heterocycles. The third kappa shape index (κ3) is 4.54. The van der Waals surface area contributed by atoms with Gasteiger partial charge in [-0.3, -0.25) is 9.78 Å². The maximum atomic E-state index is 13.0. The molecular formula is C18H15FN4OS. The molecule has 0 unspecified atom stereocenters. The third-order valence-electron chi connectivity index (χ3n) is 3.41. The largest absolute Gasteiger partial charge is 0.273 e. The molecule has 1 N–H and O–H groups in total. The van der Waals surface area contributed by atoms with Gasteiger partial charge in [-0.25, -0.2) is 14.8 Å². The normalized spacial score (nSPS) is 11.4. The van der Waals surface area contributed by atoms with Gasteiger partial charge in [0.1, 0.15) is 10.8 Å². The Kier molecular flexibility index (Phi) is 5.25. The Labute approximate surface area is 148 Å². The van der Waals surface area contributed by atoms with Crippen molar-refractivity contribution < 1.29 is 9.18 Å². The number of hydrogen-bond acceptors (Lipinski definition) is 5. The molecule has 1 amide bonds. The van der Waals surface area contributed by atoms with Crippen LogP contribution in [-0.2, 0) is 11.2 Å². The number of halogens is 1. The van der Waals surface area contributed by atoms with Crippen LogP contribution in [0.4, 0.5) is 4.39 Å². The molecule has 3 rings (SSSR count). The van der Waals surface area contributed by atoms with Crippen LogP contribution in [0.25, 0.3) is 10.6 Å². The van der Waals surface area contributed by atoms with Gasteiger partial charge in [0.05, 0.1) is 17.8 Å². The van der Waals surface area contributed by atoms with E-state index in [4.69, 9.17) is 0 Å². The highest BCUT2D eigenvalue weighted by molar-refractivity contribution is 7.13. The lowest BCUT2D eigenvalue weighted by Crippen LogP contribution is -2.21. The smallest absolute Gasteiger partial charge is 0.246 e. The number of hydrazone groups is 1. The number of thiazole rings is 1. The van der Waals surface area contributed by atoms with E-state index in [1.807, 2.05) is 17.5 Å². The van der Waals surface area contributed by atoms with Gasteiger partial charge in [0.2, 0.25) is 5.91 Å². The Balaban J connectivity index is 1.61. The zero-order chi connectivity index (χ0) is 17.6. The second-order valence-corrected chi connectivity index (χ2v) is 6.16. The van der Waals surface area contributed by atoms with Crippen molar-refractivity contribution in [2.24, 2.45) is 5.10 Å². The molecular weight excluding hydrogens is 339 g/mol. The minimum Gasteiger partial charge on any atom is -0.273 e. The summed E-state index contributed by atoms with van der Waals surface area (Å²) in [6.07, 6.45) is 3.48. The fraction of sp³-hybridized carbons (Fsp3) is 0.111. The van der Waals surface area contributed by atoms with E-state index in [1.54, 1.807) is 31.5 Å². The van der Waals surface area contributed by atoms with Gasteiger partial charge in [0.25, 0.3) is 0 Å². The average molecular weight is 354 g/mol. The van der Waals surface area contributed by atoms with E-state index in [0.29, 0.717) is 11.4 Å². The van der Waals surface area contributed by atoms with Gasteiger partial charge in [-0.2, -0.15) is 5.10 Å². The molecule has 0 atom stereocenters. The maximum Gasteiger partial charge on any atom is 0.246 e. The first-order valence-electron chi connectivity index (χ1n) is 7.55. The van der Waals surface area contributed by atoms with Gasteiger partial charge < -0.3 is 0 Å². The molecule has 0 radical (unpaired) electrons. The molecule has 2 heterocycles. The molecule has 7 heteroatoms. The molecule has 0 fully saturated rings. The predicted octanol–water partition coefficient (Wildman–Crippen LogP) is 3.43. The standard InChI is InChI=1S/C18H15FN4OS/c1-12(14-3-2-8-20-10-14)22-23-17(24)9-16-11-25-18(21-16)13-4-6-15(19)7-5-13/h2-8,10-11H,9H2,1H3,(H,23,24)/b22-12-. The Hall–Kier alpha value is -2.93. The number of rotatable bonds is 5. The predicted molar refractivity (Wildman–Crippen MR) is 95.8 cm³/mol. The number of benzene rings is 1. The Morgan fingerprint density at radius 3 is 2.80 bits per heavy atom. The quantitative estimate of drug-likeness (QED) is 0.564. The van der Waals surface area contributed by atoms with Crippen LogP contribution in [0.5, 0.6) is 0 Å². The van der Waals surface area contributed by atoms with E-state index >= 15 is 0 Å². The summed E-state index contributed by atoms with van der Waals surface area (Å²) in [4.78, 5) is 20.4. The van der Waals surface area contributed by atoms with Crippen molar-refractivity contribution in [3.05, 3.63) is 71.2 Å². The second-order valence-electron chi connectivity index (χ2n) is 5.30. The zero-order valence-electron chi connectivity index (χ0n) is 13.4. The lowest BCUT2D eigenvalue weighted by molar-refractivity contribution is -0.120. The average Bonchev–Trinajstić information content (AvgIpc) is 3.09. The third-order valence-corrected chi connectivity index (χ3v) is 4.35. The van der Waals surface area contributed by atoms with E-state index < -0.39 is 0 Å². The minimum atomic E-state index is -0.290. The number of hydrogen-bond donors (Lipinski definition) is 1. The Bertz CT molecular complexity index is 891. The molecule has 0 bridgehead atoms. The second kappa shape index (κ2) is 7.76. The number of amides is 1. The van der Waals surface area contributed by atoms with Crippen LogP contribution in [0.3, 0.4) is 0 Å². The zero-order valence-corrected chi connectivity index (χ0v) is 14.3. The summed E-state index contributed by atoms with van der Waals surface area (Å²) in [5.41, 5.74) is 5.51. The molecule has 1 aromatic carbocycles. The first-order chi connectivity index (χ1) is 12.1. The van der Waals surface area contributed by atoms with Gasteiger partial charge in [0, 0.05) is 28.9 Å². The summed E-state index contributed by atoms with van der Waals surface area (Å²) in [7, 11) is 0. The van der Waals surface area contributed by atoms with Crippen molar-refractivity contribution >= 4 is 23.0 Å². The Morgan fingerprint density at radius 1 is 1.28 bits per heavy atom. The number of carbonyl (C=O) groups excluding carboxylic acids is 1. The number of nitrogens with one attached hydrogen (secondary N) is 1. The lowest BCUT2D eigenvalue weighted by Gasteiger charge is -2.01. The number of pyridine rings is 1. The molecule has 3 aromatic rings. The molecule has 0 aliphatic carbocycles. The SMILES string of the molecule is C/C(=N/NC(=O)Cc1csc(-c2ccc(F)cc2)n1)c1cccnc1. The van der Waals surface area contributed by atoms with Crippen molar-refractivity contribution in [3.8, 4) is 10.6 Å². The van der Waals surface area contributed by atoms with Crippen LogP contribution in [0.15, 0.2) is 59.3 Å². The number of aromatic nitrogens is 2. The van der Waals surface area contributed by atoms with Crippen molar-refractivity contribution in [3.63, 3.8) is 0 Å². The maximum absolute atomic E-state index is 13.0. The van der Waals surface area contributed by atoms with Crippen LogP contribution >= 0.6 is 11.3 Å². The molecule has 5 nitrogen and oxygen atoms in total. The Morgan fingerprint density at radius 2 is 2.08 bits per heavy atom. The summed E-state index contributed by atoms with van der Waals surface area (Å²) in [6.45, 7) is 1.80. The van der Waals surface area contributed by atoms with Crippen molar-refractivity contribution in [2.75, 3.05) is 0 Å². The fourth-order valence-electron chi connectivity index (χ4n) is 2.10. The van der Waals surface area contributed by atoms with Crippen LogP contribution in [0, 0.1) is 5.82 Å². The lowest BCUT2D eigenvalue weighted by atomic mass is 10.2. The molecule has 0 spiro atoms. The van der Waals surface area contributed by atoms with Gasteiger partial charge in [-0.1, -0.05) is 6.07 Å². The van der Waals surface area contributed by atoms with E-state index in [1.165, 1.54) is 23.5 Å². The number of carbonyl (C=O) groups is 1. The van der Waals surface area contributed by atoms with Crippen LogP contribution < -0.4 is 5.43 Å². The summed E-state index contributed by atoms with van der Waals surface area (Å²) < 4.78 is 13.0. The highest BCUT2D eigenvalue weighted by Crippen LogP contribution is 2.24. The van der Waals surface area contributed by atoms with Crippen LogP contribution in [0.1, 0.15) is 18.2 Å². The van der Waals surface area contributed by atoms with E-state index in [2.05, 4.69) is 20.5 Å².